The first-order valence-electron chi connectivity index (χ1n) is 5.47. The second-order valence-electron chi connectivity index (χ2n) is 4.20. The fourth-order valence-corrected chi connectivity index (χ4v) is 1.65. The normalized spacial score (nSPS) is 16.8. The third-order valence-corrected chi connectivity index (χ3v) is 3.02. The molecule has 0 aliphatic heterocycles. The van der Waals surface area contributed by atoms with Crippen molar-refractivity contribution in [2.24, 2.45) is 11.1 Å². The van der Waals surface area contributed by atoms with Crippen molar-refractivity contribution in [3.63, 3.8) is 0 Å². The van der Waals surface area contributed by atoms with Gasteiger partial charge >= 0.3 is 5.97 Å². The summed E-state index contributed by atoms with van der Waals surface area (Å²) < 4.78 is 0. The molecule has 0 aromatic rings. The van der Waals surface area contributed by atoms with Crippen LogP contribution in [0.3, 0.4) is 0 Å². The summed E-state index contributed by atoms with van der Waals surface area (Å²) in [5, 5.41) is 13.8. The minimum absolute atomic E-state index is 0.111. The number of hydrogen-bond donors (Lipinski definition) is 4. The minimum atomic E-state index is -0.880. The Kier molecular flexibility index (Phi) is 4.45. The lowest BCUT2D eigenvalue weighted by atomic mass is 9.69. The van der Waals surface area contributed by atoms with Crippen molar-refractivity contribution in [1.29, 1.82) is 0 Å². The van der Waals surface area contributed by atoms with E-state index in [1.54, 1.807) is 0 Å². The molecule has 1 saturated carbocycles. The molecule has 0 heterocycles. The predicted molar refractivity (Wildman–Crippen MR) is 59.0 cm³/mol. The van der Waals surface area contributed by atoms with Gasteiger partial charge in [0.25, 0.3) is 0 Å². The van der Waals surface area contributed by atoms with E-state index in [2.05, 4.69) is 10.6 Å². The molecule has 0 atom stereocenters. The van der Waals surface area contributed by atoms with Gasteiger partial charge in [-0.3, -0.25) is 14.4 Å². The molecule has 7 heteroatoms. The summed E-state index contributed by atoms with van der Waals surface area (Å²) in [5.41, 5.74) is 4.24. The van der Waals surface area contributed by atoms with Crippen LogP contribution in [-0.4, -0.2) is 42.5 Å². The molecule has 0 radical (unpaired) electrons. The van der Waals surface area contributed by atoms with E-state index in [4.69, 9.17) is 10.8 Å². The number of nitrogens with one attached hydrogen (secondary N) is 2. The van der Waals surface area contributed by atoms with Crippen LogP contribution in [-0.2, 0) is 14.4 Å². The largest absolute Gasteiger partial charge is 0.481 e. The van der Waals surface area contributed by atoms with E-state index in [1.807, 2.05) is 0 Å². The van der Waals surface area contributed by atoms with Gasteiger partial charge in [0.2, 0.25) is 11.8 Å². The number of carboxylic acid groups (broad SMARTS) is 1. The van der Waals surface area contributed by atoms with Gasteiger partial charge in [0.15, 0.2) is 0 Å². The van der Waals surface area contributed by atoms with Crippen molar-refractivity contribution in [2.75, 3.05) is 19.6 Å². The zero-order valence-corrected chi connectivity index (χ0v) is 9.49. The van der Waals surface area contributed by atoms with Crippen molar-refractivity contribution >= 4 is 17.8 Å². The van der Waals surface area contributed by atoms with Crippen molar-refractivity contribution in [3.05, 3.63) is 0 Å². The molecule has 2 amide bonds. The molecular weight excluding hydrogens is 226 g/mol. The van der Waals surface area contributed by atoms with Gasteiger partial charge in [-0.25, -0.2) is 0 Å². The molecule has 1 rings (SSSR count). The molecule has 0 bridgehead atoms. The summed E-state index contributed by atoms with van der Waals surface area (Å²) in [6.45, 7) is -0.238. The fourth-order valence-electron chi connectivity index (χ4n) is 1.65. The Bertz CT molecular complexity index is 326. The molecule has 0 aromatic heterocycles. The highest BCUT2D eigenvalue weighted by Gasteiger charge is 2.44. The van der Waals surface area contributed by atoms with Crippen LogP contribution in [0.5, 0.6) is 0 Å². The van der Waals surface area contributed by atoms with Gasteiger partial charge in [0.1, 0.15) is 0 Å². The lowest BCUT2D eigenvalue weighted by Crippen LogP contribution is -2.49. The summed E-state index contributed by atoms with van der Waals surface area (Å²) in [6.07, 6.45) is 2.03. The van der Waals surface area contributed by atoms with Crippen LogP contribution >= 0.6 is 0 Å². The van der Waals surface area contributed by atoms with Crippen LogP contribution in [0.4, 0.5) is 0 Å². The average Bonchev–Trinajstić information content (AvgIpc) is 2.23. The zero-order valence-electron chi connectivity index (χ0n) is 9.49. The molecule has 0 aromatic carbocycles. The summed E-state index contributed by atoms with van der Waals surface area (Å²) in [5.74, 6) is -1.70. The van der Waals surface area contributed by atoms with Crippen LogP contribution in [0.25, 0.3) is 0 Å². The summed E-state index contributed by atoms with van der Waals surface area (Å²) >= 11 is 0. The van der Waals surface area contributed by atoms with Gasteiger partial charge in [-0.1, -0.05) is 6.42 Å². The van der Waals surface area contributed by atoms with E-state index in [0.29, 0.717) is 12.8 Å². The number of carbonyl (C=O) groups excluding carboxylic acids is 2. The molecule has 1 aliphatic rings. The molecule has 1 aliphatic carbocycles. The van der Waals surface area contributed by atoms with E-state index < -0.39 is 23.2 Å². The van der Waals surface area contributed by atoms with Crippen molar-refractivity contribution in [1.82, 2.24) is 10.6 Å². The Morgan fingerprint density at radius 2 is 1.82 bits per heavy atom. The van der Waals surface area contributed by atoms with E-state index in [-0.39, 0.29) is 19.6 Å². The van der Waals surface area contributed by atoms with E-state index >= 15 is 0 Å². The highest BCUT2D eigenvalue weighted by Crippen LogP contribution is 2.40. The van der Waals surface area contributed by atoms with Gasteiger partial charge in [0, 0.05) is 6.54 Å². The first-order chi connectivity index (χ1) is 8.00. The lowest BCUT2D eigenvalue weighted by molar-refractivity contribution is -0.154. The van der Waals surface area contributed by atoms with E-state index in [1.165, 1.54) is 0 Å². The van der Waals surface area contributed by atoms with E-state index in [0.717, 1.165) is 6.42 Å². The van der Waals surface area contributed by atoms with Gasteiger partial charge in [-0.2, -0.15) is 0 Å². The first-order valence-corrected chi connectivity index (χ1v) is 5.47. The third-order valence-electron chi connectivity index (χ3n) is 3.02. The maximum Gasteiger partial charge on any atom is 0.311 e. The maximum atomic E-state index is 11.3. The Hall–Kier alpha value is -1.63. The number of nitrogens with two attached hydrogens (primary N) is 1. The second-order valence-corrected chi connectivity index (χ2v) is 4.20. The van der Waals surface area contributed by atoms with Crippen LogP contribution in [0, 0.1) is 5.41 Å². The van der Waals surface area contributed by atoms with Crippen molar-refractivity contribution in [3.8, 4) is 0 Å². The van der Waals surface area contributed by atoms with Crippen LogP contribution in [0.1, 0.15) is 19.3 Å². The van der Waals surface area contributed by atoms with Gasteiger partial charge in [0.05, 0.1) is 18.5 Å². The highest BCUT2D eigenvalue weighted by molar-refractivity contribution is 5.86. The Morgan fingerprint density at radius 1 is 1.18 bits per heavy atom. The Labute approximate surface area is 98.7 Å². The number of hydrogen-bond acceptors (Lipinski definition) is 4. The molecular formula is C10H17N3O4. The van der Waals surface area contributed by atoms with Gasteiger partial charge < -0.3 is 21.5 Å². The molecule has 1 fully saturated rings. The average molecular weight is 243 g/mol. The predicted octanol–water partition coefficient (Wildman–Crippen LogP) is -1.57. The minimum Gasteiger partial charge on any atom is -0.481 e. The summed E-state index contributed by atoms with van der Waals surface area (Å²) in [7, 11) is 0. The van der Waals surface area contributed by atoms with Gasteiger partial charge in [-0.05, 0) is 12.8 Å². The Balaban J connectivity index is 2.28. The lowest BCUT2D eigenvalue weighted by Gasteiger charge is -2.37. The number of rotatable bonds is 6. The molecule has 96 valence electrons. The Morgan fingerprint density at radius 3 is 2.24 bits per heavy atom. The van der Waals surface area contributed by atoms with Crippen LogP contribution in [0.2, 0.25) is 0 Å². The molecule has 17 heavy (non-hydrogen) atoms. The van der Waals surface area contributed by atoms with Crippen LogP contribution < -0.4 is 16.4 Å². The smallest absolute Gasteiger partial charge is 0.311 e. The molecule has 0 unspecified atom stereocenters. The van der Waals surface area contributed by atoms with Crippen molar-refractivity contribution in [2.45, 2.75) is 19.3 Å². The number of carbonyl (C=O) groups is 3. The summed E-state index contributed by atoms with van der Waals surface area (Å²) in [6, 6.07) is 0. The third kappa shape index (κ3) is 3.42. The van der Waals surface area contributed by atoms with Crippen molar-refractivity contribution < 1.29 is 19.5 Å². The van der Waals surface area contributed by atoms with Gasteiger partial charge in [-0.15, -0.1) is 0 Å². The SMILES string of the molecule is NCC(=O)NCC(=O)NCC1(C(=O)O)CCC1. The number of carboxylic acids is 1. The molecule has 5 N–H and O–H groups in total. The monoisotopic (exact) mass is 243 g/mol. The zero-order chi connectivity index (χ0) is 12.9. The van der Waals surface area contributed by atoms with E-state index in [9.17, 15) is 14.4 Å². The first kappa shape index (κ1) is 13.4. The quantitative estimate of drug-likeness (QED) is 0.449. The second kappa shape index (κ2) is 5.62. The molecule has 0 saturated heterocycles. The number of aliphatic carboxylic acids is 1. The molecule has 7 nitrogen and oxygen atoms in total. The number of amides is 2. The van der Waals surface area contributed by atoms with Crippen LogP contribution in [0.15, 0.2) is 0 Å². The topological polar surface area (TPSA) is 122 Å². The fraction of sp³-hybridized carbons (Fsp3) is 0.700. The molecule has 0 spiro atoms. The standard InChI is InChI=1S/C10H17N3O4/c11-4-7(14)12-5-8(15)13-6-10(9(16)17)2-1-3-10/h1-6,11H2,(H,12,14)(H,13,15)(H,16,17). The summed E-state index contributed by atoms with van der Waals surface area (Å²) in [4.78, 5) is 33.1. The highest BCUT2D eigenvalue weighted by atomic mass is 16.4. The maximum absolute atomic E-state index is 11.3.